The van der Waals surface area contributed by atoms with Crippen LogP contribution < -0.4 is 10.4 Å². The summed E-state index contributed by atoms with van der Waals surface area (Å²) in [5, 5.41) is 10.3. The zero-order valence-electron chi connectivity index (χ0n) is 27.0. The van der Waals surface area contributed by atoms with E-state index in [0.29, 0.717) is 0 Å². The van der Waals surface area contributed by atoms with Crippen molar-refractivity contribution in [2.24, 2.45) is 0 Å². The maximum atomic E-state index is 2.51. The van der Waals surface area contributed by atoms with Crippen molar-refractivity contribution in [1.82, 2.24) is 0 Å². The summed E-state index contributed by atoms with van der Waals surface area (Å²) in [6.07, 6.45) is 2.33. The topological polar surface area (TPSA) is 0 Å². The molecule has 0 unspecified atom stereocenters. The highest BCUT2D eigenvalue weighted by atomic mass is 127. The Balaban J connectivity index is 1.21. The third kappa shape index (κ3) is 5.27. The molecule has 0 bridgehead atoms. The van der Waals surface area contributed by atoms with Gasteiger partial charge in [-0.15, -0.1) is 11.3 Å². The van der Waals surface area contributed by atoms with Gasteiger partial charge in [0, 0.05) is 23.8 Å². The van der Waals surface area contributed by atoms with Gasteiger partial charge in [0.2, 0.25) is 0 Å². The predicted molar refractivity (Wildman–Crippen MR) is 222 cm³/mol. The Kier molecular flexibility index (Phi) is 7.64. The summed E-state index contributed by atoms with van der Waals surface area (Å²) in [6, 6.07) is 60.0. The van der Waals surface area contributed by atoms with Gasteiger partial charge < -0.3 is 0 Å². The molecule has 1 heterocycles. The molecule has 0 aliphatic rings. The number of fused-ring (bicyclic) bond motifs is 5. The maximum Gasteiger partial charge on any atom is 0.0361 e. The van der Waals surface area contributed by atoms with Crippen LogP contribution in [0.4, 0.5) is 0 Å². The van der Waals surface area contributed by atoms with Gasteiger partial charge in [0.15, 0.2) is 0 Å². The second kappa shape index (κ2) is 12.5. The molecule has 1 aromatic heterocycles. The van der Waals surface area contributed by atoms with Crippen LogP contribution in [0, 0.1) is 6.92 Å². The van der Waals surface area contributed by atoms with Crippen LogP contribution in [0.5, 0.6) is 0 Å². The molecule has 0 aliphatic heterocycles. The van der Waals surface area contributed by atoms with Gasteiger partial charge >= 0.3 is 0 Å². The van der Waals surface area contributed by atoms with Crippen LogP contribution in [0.3, 0.4) is 0 Å². The fourth-order valence-electron chi connectivity index (χ4n) is 7.36. The Morgan fingerprint density at radius 2 is 1.10 bits per heavy atom. The third-order valence-corrected chi connectivity index (χ3v) is 12.0. The molecular formula is C47H31IS. The average Bonchev–Trinajstić information content (AvgIpc) is 3.51. The van der Waals surface area contributed by atoms with E-state index in [2.05, 4.69) is 199 Å². The first-order chi connectivity index (χ1) is 24.1. The number of hydrogen-bond donors (Lipinski definition) is 0. The van der Waals surface area contributed by atoms with Gasteiger partial charge in [0.05, 0.1) is 0 Å². The molecule has 8 aromatic carbocycles. The molecule has 0 radical (unpaired) electrons. The number of aryl methyl sites for hydroxylation is 1. The Morgan fingerprint density at radius 3 is 1.82 bits per heavy atom. The molecular weight excluding hydrogens is 723 g/mol. The number of rotatable bonds is 4. The first-order valence-corrected chi connectivity index (χ1v) is 18.5. The number of hydrogen-bond acceptors (Lipinski definition) is 1. The largest absolute Gasteiger partial charge is 0.135 e. The molecule has 9 rings (SSSR count). The molecule has 0 N–H and O–H groups in total. The summed E-state index contributed by atoms with van der Waals surface area (Å²) in [5.41, 5.74) is 8.90. The van der Waals surface area contributed by atoms with Crippen LogP contribution in [0.2, 0.25) is 0 Å². The SMILES string of the molecule is Cc1ccccc1/C(I)=c1/cccc/c1=C\c1ccc2c(c1)sc1ccc(-c3c4ccccc4c(-c4ccccc4)c4ccccc34)cc12. The van der Waals surface area contributed by atoms with E-state index in [-0.39, 0.29) is 0 Å². The molecule has 0 fully saturated rings. The molecule has 9 aromatic rings. The molecule has 0 aliphatic carbocycles. The van der Waals surface area contributed by atoms with E-state index >= 15 is 0 Å². The Morgan fingerprint density at radius 1 is 0.490 bits per heavy atom. The summed E-state index contributed by atoms with van der Waals surface area (Å²) < 4.78 is 3.90. The van der Waals surface area contributed by atoms with E-state index in [4.69, 9.17) is 0 Å². The second-order valence-electron chi connectivity index (χ2n) is 12.6. The first-order valence-electron chi connectivity index (χ1n) is 16.6. The summed E-state index contributed by atoms with van der Waals surface area (Å²) >= 11 is 4.39. The van der Waals surface area contributed by atoms with Crippen LogP contribution in [0.1, 0.15) is 16.7 Å². The quantitative estimate of drug-likeness (QED) is 0.124. The Bertz CT molecular complexity index is 2790. The highest BCUT2D eigenvalue weighted by Gasteiger charge is 2.17. The molecule has 0 saturated carbocycles. The number of halogens is 1. The van der Waals surface area contributed by atoms with Gasteiger partial charge in [-0.05, 0) is 125 Å². The lowest BCUT2D eigenvalue weighted by atomic mass is 9.86. The van der Waals surface area contributed by atoms with Crippen LogP contribution in [0.15, 0.2) is 164 Å². The fraction of sp³-hybridized carbons (Fsp3) is 0.0213. The Hall–Kier alpha value is -5.03. The lowest BCUT2D eigenvalue weighted by Gasteiger charge is -2.17. The number of benzene rings is 8. The minimum Gasteiger partial charge on any atom is -0.135 e. The van der Waals surface area contributed by atoms with Crippen molar-refractivity contribution in [2.75, 3.05) is 0 Å². The Labute approximate surface area is 303 Å². The van der Waals surface area contributed by atoms with E-state index in [1.165, 1.54) is 94.7 Å². The smallest absolute Gasteiger partial charge is 0.0361 e. The molecule has 0 nitrogen and oxygen atoms in total. The zero-order valence-corrected chi connectivity index (χ0v) is 29.9. The molecule has 0 amide bonds. The minimum absolute atomic E-state index is 1.22. The molecule has 232 valence electrons. The number of thiophene rings is 1. The van der Waals surface area contributed by atoms with Crippen molar-refractivity contribution in [2.45, 2.75) is 6.92 Å². The molecule has 0 atom stereocenters. The average molecular weight is 755 g/mol. The van der Waals surface area contributed by atoms with Crippen LogP contribution in [-0.4, -0.2) is 0 Å². The van der Waals surface area contributed by atoms with Crippen LogP contribution >= 0.6 is 33.9 Å². The minimum atomic E-state index is 1.22. The van der Waals surface area contributed by atoms with Crippen molar-refractivity contribution in [3.8, 4) is 22.3 Å². The van der Waals surface area contributed by atoms with Crippen molar-refractivity contribution >= 4 is 85.3 Å². The zero-order chi connectivity index (χ0) is 32.9. The van der Waals surface area contributed by atoms with E-state index in [0.717, 1.165) is 0 Å². The maximum absolute atomic E-state index is 2.51. The molecule has 2 heteroatoms. The van der Waals surface area contributed by atoms with Crippen molar-refractivity contribution in [3.05, 3.63) is 191 Å². The normalized spacial score (nSPS) is 12.7. The second-order valence-corrected chi connectivity index (χ2v) is 14.8. The fourth-order valence-corrected chi connectivity index (χ4v) is 9.59. The van der Waals surface area contributed by atoms with Gasteiger partial charge in [-0.1, -0.05) is 146 Å². The lowest BCUT2D eigenvalue weighted by Crippen LogP contribution is -2.25. The summed E-state index contributed by atoms with van der Waals surface area (Å²) in [6.45, 7) is 2.19. The van der Waals surface area contributed by atoms with E-state index in [9.17, 15) is 0 Å². The highest BCUT2D eigenvalue weighted by Crippen LogP contribution is 2.45. The van der Waals surface area contributed by atoms with Gasteiger partial charge in [-0.3, -0.25) is 0 Å². The van der Waals surface area contributed by atoms with Crippen molar-refractivity contribution in [1.29, 1.82) is 0 Å². The van der Waals surface area contributed by atoms with Crippen LogP contribution in [0.25, 0.3) is 73.6 Å². The molecule has 49 heavy (non-hydrogen) atoms. The van der Waals surface area contributed by atoms with Gasteiger partial charge in [-0.25, -0.2) is 0 Å². The van der Waals surface area contributed by atoms with Crippen molar-refractivity contribution in [3.63, 3.8) is 0 Å². The third-order valence-electron chi connectivity index (χ3n) is 9.68. The first kappa shape index (κ1) is 30.1. The van der Waals surface area contributed by atoms with E-state index < -0.39 is 0 Å². The van der Waals surface area contributed by atoms with Gasteiger partial charge in [-0.2, -0.15) is 0 Å². The van der Waals surface area contributed by atoms with Gasteiger partial charge in [0.25, 0.3) is 0 Å². The lowest BCUT2D eigenvalue weighted by molar-refractivity contribution is 1.42. The van der Waals surface area contributed by atoms with Crippen molar-refractivity contribution < 1.29 is 0 Å². The monoisotopic (exact) mass is 754 g/mol. The molecule has 0 spiro atoms. The summed E-state index contributed by atoms with van der Waals surface area (Å²) in [7, 11) is 0. The van der Waals surface area contributed by atoms with E-state index in [1.54, 1.807) is 0 Å². The highest BCUT2D eigenvalue weighted by molar-refractivity contribution is 14.1. The van der Waals surface area contributed by atoms with Crippen LogP contribution in [-0.2, 0) is 0 Å². The summed E-state index contributed by atoms with van der Waals surface area (Å²) in [4.78, 5) is 0. The predicted octanol–water partition coefficient (Wildman–Crippen LogP) is 12.4. The van der Waals surface area contributed by atoms with Gasteiger partial charge in [0.1, 0.15) is 0 Å². The molecule has 0 saturated heterocycles. The van der Waals surface area contributed by atoms with E-state index in [1.807, 2.05) is 11.3 Å². The standard InChI is InChI=1S/C47H31IS/c1-30-13-5-7-17-35(30)47(48)36-18-8-6-16-33(36)27-31-23-25-37-42-29-34(24-26-43(42)49-44(37)28-31)46-40-21-11-9-19-38(40)45(32-14-3-2-4-15-32)39-20-10-12-22-41(39)46/h2-29H,1H3/b33-27+,47-36+. The summed E-state index contributed by atoms with van der Waals surface area (Å²) in [5.74, 6) is 0.